The van der Waals surface area contributed by atoms with Crippen molar-refractivity contribution in [1.29, 1.82) is 0 Å². The molecule has 0 fully saturated rings. The molecule has 17 heavy (non-hydrogen) atoms. The molecule has 0 aliphatic heterocycles. The minimum absolute atomic E-state index is 0.164. The second kappa shape index (κ2) is 6.87. The highest BCUT2D eigenvalue weighted by atomic mass is 79.9. The van der Waals surface area contributed by atoms with Crippen LogP contribution in [0.25, 0.3) is 0 Å². The van der Waals surface area contributed by atoms with Gasteiger partial charge in [-0.1, -0.05) is 13.0 Å². The fourth-order valence-electron chi connectivity index (χ4n) is 1.71. The highest BCUT2D eigenvalue weighted by molar-refractivity contribution is 9.10. The first-order chi connectivity index (χ1) is 8.02. The predicted molar refractivity (Wildman–Crippen MR) is 70.6 cm³/mol. The second-order valence-electron chi connectivity index (χ2n) is 4.13. The second-order valence-corrected chi connectivity index (χ2v) is 4.98. The first-order valence-electron chi connectivity index (χ1n) is 5.72. The molecule has 0 saturated heterocycles. The van der Waals surface area contributed by atoms with E-state index < -0.39 is 0 Å². The predicted octanol–water partition coefficient (Wildman–Crippen LogP) is 3.09. The number of rotatable bonds is 6. The molecule has 0 heterocycles. The molecule has 0 radical (unpaired) electrons. The molecule has 0 aliphatic rings. The van der Waals surface area contributed by atoms with E-state index in [1.807, 2.05) is 13.8 Å². The number of ketones is 1. The number of halogens is 2. The molecule has 0 aromatic heterocycles. The summed E-state index contributed by atoms with van der Waals surface area (Å²) in [5.41, 5.74) is 0.840. The van der Waals surface area contributed by atoms with E-state index >= 15 is 0 Å². The van der Waals surface area contributed by atoms with Gasteiger partial charge in [-0.15, -0.1) is 0 Å². The van der Waals surface area contributed by atoms with Crippen LogP contribution in [0.1, 0.15) is 25.8 Å². The largest absolute Gasteiger partial charge is 0.314 e. The standard InChI is InChI=1S/C13H17BrFNO/c1-3-16-9(2)6-11(17)7-10-4-5-13(15)12(14)8-10/h4-5,8-9,16H,3,6-7H2,1-2H3. The molecule has 1 N–H and O–H groups in total. The van der Waals surface area contributed by atoms with Crippen LogP contribution in [-0.4, -0.2) is 18.4 Å². The van der Waals surface area contributed by atoms with Gasteiger partial charge in [-0.3, -0.25) is 4.79 Å². The first kappa shape index (κ1) is 14.3. The van der Waals surface area contributed by atoms with Gasteiger partial charge in [-0.25, -0.2) is 4.39 Å². The number of carbonyl (C=O) groups is 1. The Morgan fingerprint density at radius 2 is 2.24 bits per heavy atom. The third-order valence-electron chi connectivity index (χ3n) is 2.47. The maximum absolute atomic E-state index is 13.0. The van der Waals surface area contributed by atoms with Gasteiger partial charge in [0.2, 0.25) is 0 Å². The molecule has 1 unspecified atom stereocenters. The molecule has 0 bridgehead atoms. The van der Waals surface area contributed by atoms with Crippen molar-refractivity contribution in [3.63, 3.8) is 0 Å². The van der Waals surface area contributed by atoms with Gasteiger partial charge in [0.05, 0.1) is 4.47 Å². The minimum atomic E-state index is -0.304. The van der Waals surface area contributed by atoms with Crippen LogP contribution in [0.5, 0.6) is 0 Å². The summed E-state index contributed by atoms with van der Waals surface area (Å²) in [7, 11) is 0. The van der Waals surface area contributed by atoms with Gasteiger partial charge in [0.25, 0.3) is 0 Å². The molecular formula is C13H17BrFNO. The Labute approximate surface area is 110 Å². The van der Waals surface area contributed by atoms with Gasteiger partial charge in [0, 0.05) is 18.9 Å². The van der Waals surface area contributed by atoms with E-state index in [1.165, 1.54) is 6.07 Å². The summed E-state index contributed by atoms with van der Waals surface area (Å²) in [4.78, 5) is 11.7. The molecule has 1 aromatic carbocycles. The van der Waals surface area contributed by atoms with E-state index in [1.54, 1.807) is 12.1 Å². The van der Waals surface area contributed by atoms with Gasteiger partial charge in [-0.2, -0.15) is 0 Å². The fourth-order valence-corrected chi connectivity index (χ4v) is 2.14. The molecule has 1 atom stereocenters. The Morgan fingerprint density at radius 3 is 2.82 bits per heavy atom. The Hall–Kier alpha value is -0.740. The van der Waals surface area contributed by atoms with Gasteiger partial charge < -0.3 is 5.32 Å². The zero-order chi connectivity index (χ0) is 12.8. The summed E-state index contributed by atoms with van der Waals surface area (Å²) in [6, 6.07) is 4.87. The average molecular weight is 302 g/mol. The van der Waals surface area contributed by atoms with Crippen LogP contribution in [0.15, 0.2) is 22.7 Å². The lowest BCUT2D eigenvalue weighted by atomic mass is 10.0. The van der Waals surface area contributed by atoms with Gasteiger partial charge in [-0.05, 0) is 47.1 Å². The molecule has 2 nitrogen and oxygen atoms in total. The summed E-state index contributed by atoms with van der Waals surface area (Å²) in [5.74, 6) is -0.140. The van der Waals surface area contributed by atoms with Crippen molar-refractivity contribution in [2.75, 3.05) is 6.54 Å². The third kappa shape index (κ3) is 4.96. The van der Waals surface area contributed by atoms with E-state index in [2.05, 4.69) is 21.2 Å². The Kier molecular flexibility index (Phi) is 5.78. The summed E-state index contributed by atoms with van der Waals surface area (Å²) in [6.45, 7) is 4.86. The number of hydrogen-bond donors (Lipinski definition) is 1. The summed E-state index contributed by atoms with van der Waals surface area (Å²) >= 11 is 3.11. The topological polar surface area (TPSA) is 29.1 Å². The van der Waals surface area contributed by atoms with E-state index in [4.69, 9.17) is 0 Å². The highest BCUT2D eigenvalue weighted by Gasteiger charge is 2.10. The molecule has 1 aromatic rings. The SMILES string of the molecule is CCNC(C)CC(=O)Cc1ccc(F)c(Br)c1. The van der Waals surface area contributed by atoms with Crippen LogP contribution in [0.3, 0.4) is 0 Å². The highest BCUT2D eigenvalue weighted by Crippen LogP contribution is 2.17. The monoisotopic (exact) mass is 301 g/mol. The van der Waals surface area contributed by atoms with Crippen molar-refractivity contribution in [2.24, 2.45) is 0 Å². The average Bonchev–Trinajstić information content (AvgIpc) is 2.23. The van der Waals surface area contributed by atoms with Crippen molar-refractivity contribution in [3.8, 4) is 0 Å². The normalized spacial score (nSPS) is 12.5. The van der Waals surface area contributed by atoms with Crippen molar-refractivity contribution >= 4 is 21.7 Å². The summed E-state index contributed by atoms with van der Waals surface area (Å²) in [6.07, 6.45) is 0.859. The fraction of sp³-hybridized carbons (Fsp3) is 0.462. The van der Waals surface area contributed by atoms with Crippen molar-refractivity contribution in [2.45, 2.75) is 32.7 Å². The maximum atomic E-state index is 13.0. The molecular weight excluding hydrogens is 285 g/mol. The number of nitrogens with one attached hydrogen (secondary N) is 1. The lowest BCUT2D eigenvalue weighted by Crippen LogP contribution is -2.28. The number of carbonyl (C=O) groups excluding carboxylic acids is 1. The third-order valence-corrected chi connectivity index (χ3v) is 3.08. The zero-order valence-corrected chi connectivity index (χ0v) is 11.7. The van der Waals surface area contributed by atoms with Crippen LogP contribution in [0, 0.1) is 5.82 Å². The quantitative estimate of drug-likeness (QED) is 0.875. The van der Waals surface area contributed by atoms with Crippen LogP contribution in [0.2, 0.25) is 0 Å². The number of Topliss-reactive ketones (excluding diaryl/α,β-unsaturated/α-hetero) is 1. The van der Waals surface area contributed by atoms with Gasteiger partial charge in [0.1, 0.15) is 11.6 Å². The van der Waals surface area contributed by atoms with E-state index in [-0.39, 0.29) is 17.6 Å². The Balaban J connectivity index is 2.53. The molecule has 94 valence electrons. The van der Waals surface area contributed by atoms with Gasteiger partial charge in [0.15, 0.2) is 0 Å². The summed E-state index contributed by atoms with van der Waals surface area (Å²) < 4.78 is 13.4. The van der Waals surface area contributed by atoms with Crippen LogP contribution in [0.4, 0.5) is 4.39 Å². The van der Waals surface area contributed by atoms with Crippen molar-refractivity contribution in [1.82, 2.24) is 5.32 Å². The lowest BCUT2D eigenvalue weighted by molar-refractivity contribution is -0.118. The van der Waals surface area contributed by atoms with E-state index in [9.17, 15) is 9.18 Å². The van der Waals surface area contributed by atoms with Crippen LogP contribution in [-0.2, 0) is 11.2 Å². The van der Waals surface area contributed by atoms with Crippen LogP contribution < -0.4 is 5.32 Å². The lowest BCUT2D eigenvalue weighted by Gasteiger charge is -2.11. The zero-order valence-electron chi connectivity index (χ0n) is 10.1. The Morgan fingerprint density at radius 1 is 1.53 bits per heavy atom. The molecule has 0 saturated carbocycles. The van der Waals surface area contributed by atoms with Crippen molar-refractivity contribution < 1.29 is 9.18 Å². The maximum Gasteiger partial charge on any atom is 0.138 e. The van der Waals surface area contributed by atoms with Gasteiger partial charge >= 0.3 is 0 Å². The Bertz CT molecular complexity index is 395. The molecule has 4 heteroatoms. The number of hydrogen-bond acceptors (Lipinski definition) is 2. The smallest absolute Gasteiger partial charge is 0.138 e. The molecule has 0 aliphatic carbocycles. The number of benzene rings is 1. The summed E-state index contributed by atoms with van der Waals surface area (Å²) in [5, 5.41) is 3.19. The van der Waals surface area contributed by atoms with E-state index in [0.717, 1.165) is 12.1 Å². The molecule has 0 amide bonds. The molecule has 0 spiro atoms. The minimum Gasteiger partial charge on any atom is -0.314 e. The first-order valence-corrected chi connectivity index (χ1v) is 6.51. The van der Waals surface area contributed by atoms with E-state index in [0.29, 0.717) is 17.3 Å². The molecule has 1 rings (SSSR count). The van der Waals surface area contributed by atoms with Crippen LogP contribution >= 0.6 is 15.9 Å². The van der Waals surface area contributed by atoms with Crippen molar-refractivity contribution in [3.05, 3.63) is 34.1 Å².